The van der Waals surface area contributed by atoms with Crippen LogP contribution in [0.1, 0.15) is 46.8 Å². The number of halogens is 1. The third kappa shape index (κ3) is 5.74. The number of ether oxygens (including phenoxy) is 1. The van der Waals surface area contributed by atoms with E-state index in [4.69, 9.17) is 17.0 Å². The van der Waals surface area contributed by atoms with Crippen molar-refractivity contribution in [2.75, 3.05) is 12.4 Å². The zero-order valence-electron chi connectivity index (χ0n) is 20.7. The summed E-state index contributed by atoms with van der Waals surface area (Å²) in [6.45, 7) is 6.03. The molecule has 0 aliphatic carbocycles. The number of methoxy groups -OCH3 is 1. The van der Waals surface area contributed by atoms with Gasteiger partial charge < -0.3 is 10.1 Å². The standard InChI is InChI=1S/C27H28BrN5O2S/c1-5-6-7-18-8-10-20(11-9-18)33-31-23-13-16(2)22(15-24(23)32-33)29-27(36)30-26(34)21-14-19(28)12-17(3)25(21)35-4/h8-15H,5-7H2,1-4H3,(H2,29,30,34,36). The Kier molecular flexibility index (Phi) is 8.01. The zero-order chi connectivity index (χ0) is 25.8. The summed E-state index contributed by atoms with van der Waals surface area (Å²) in [6.07, 6.45) is 3.43. The Hall–Kier alpha value is -3.30. The maximum Gasteiger partial charge on any atom is 0.261 e. The summed E-state index contributed by atoms with van der Waals surface area (Å²) in [6, 6.07) is 15.7. The van der Waals surface area contributed by atoms with Gasteiger partial charge in [-0.25, -0.2) is 0 Å². The second kappa shape index (κ2) is 11.2. The van der Waals surface area contributed by atoms with Gasteiger partial charge in [0.25, 0.3) is 5.91 Å². The van der Waals surface area contributed by atoms with Gasteiger partial charge in [0.15, 0.2) is 5.11 Å². The first-order chi connectivity index (χ1) is 17.3. The SMILES string of the molecule is CCCCc1ccc(-n2nc3cc(C)c(NC(=S)NC(=O)c4cc(Br)cc(C)c4OC)cc3n2)cc1. The predicted molar refractivity (Wildman–Crippen MR) is 151 cm³/mol. The highest BCUT2D eigenvalue weighted by Gasteiger charge is 2.17. The average Bonchev–Trinajstić information content (AvgIpc) is 3.25. The van der Waals surface area contributed by atoms with E-state index in [9.17, 15) is 4.79 Å². The molecule has 4 rings (SSSR count). The molecule has 0 radical (unpaired) electrons. The Balaban J connectivity index is 1.51. The summed E-state index contributed by atoms with van der Waals surface area (Å²) < 4.78 is 6.20. The fourth-order valence-electron chi connectivity index (χ4n) is 3.99. The second-order valence-corrected chi connectivity index (χ2v) is 9.95. The van der Waals surface area contributed by atoms with Crippen LogP contribution in [0.2, 0.25) is 0 Å². The smallest absolute Gasteiger partial charge is 0.261 e. The number of rotatable bonds is 7. The van der Waals surface area contributed by atoms with Gasteiger partial charge in [-0.2, -0.15) is 4.80 Å². The highest BCUT2D eigenvalue weighted by Crippen LogP contribution is 2.28. The van der Waals surface area contributed by atoms with E-state index < -0.39 is 0 Å². The molecule has 0 spiro atoms. The topological polar surface area (TPSA) is 81.1 Å². The molecule has 0 aliphatic rings. The predicted octanol–water partition coefficient (Wildman–Crippen LogP) is 6.28. The minimum Gasteiger partial charge on any atom is -0.496 e. The number of amides is 1. The molecule has 0 atom stereocenters. The second-order valence-electron chi connectivity index (χ2n) is 8.63. The number of carbonyl (C=O) groups excluding carboxylic acids is 1. The first kappa shape index (κ1) is 25.8. The Bertz CT molecular complexity index is 1430. The molecule has 0 saturated carbocycles. The highest BCUT2D eigenvalue weighted by atomic mass is 79.9. The van der Waals surface area contributed by atoms with E-state index in [-0.39, 0.29) is 11.0 Å². The molecular formula is C27H28BrN5O2S. The van der Waals surface area contributed by atoms with E-state index in [0.29, 0.717) is 11.3 Å². The van der Waals surface area contributed by atoms with E-state index in [0.717, 1.165) is 44.4 Å². The lowest BCUT2D eigenvalue weighted by atomic mass is 10.1. The van der Waals surface area contributed by atoms with Gasteiger partial charge in [0.2, 0.25) is 0 Å². The van der Waals surface area contributed by atoms with Crippen LogP contribution in [0, 0.1) is 13.8 Å². The fraction of sp³-hybridized carbons (Fsp3) is 0.259. The number of thiocarbonyl (C=S) groups is 1. The molecule has 3 aromatic carbocycles. The normalized spacial score (nSPS) is 10.9. The number of hydrogen-bond acceptors (Lipinski definition) is 5. The van der Waals surface area contributed by atoms with Crippen LogP contribution in [0.25, 0.3) is 16.7 Å². The van der Waals surface area contributed by atoms with Crippen molar-refractivity contribution in [3.63, 3.8) is 0 Å². The first-order valence-corrected chi connectivity index (χ1v) is 12.9. The van der Waals surface area contributed by atoms with Crippen molar-refractivity contribution in [3.8, 4) is 11.4 Å². The van der Waals surface area contributed by atoms with Crippen molar-refractivity contribution < 1.29 is 9.53 Å². The molecule has 0 saturated heterocycles. The van der Waals surface area contributed by atoms with Crippen LogP contribution in [0.4, 0.5) is 5.69 Å². The maximum absolute atomic E-state index is 12.9. The van der Waals surface area contributed by atoms with Crippen molar-refractivity contribution in [3.05, 3.63) is 75.3 Å². The minimum absolute atomic E-state index is 0.178. The van der Waals surface area contributed by atoms with Crippen molar-refractivity contribution in [2.45, 2.75) is 40.0 Å². The first-order valence-electron chi connectivity index (χ1n) is 11.7. The van der Waals surface area contributed by atoms with Crippen LogP contribution < -0.4 is 15.4 Å². The molecule has 1 heterocycles. The summed E-state index contributed by atoms with van der Waals surface area (Å²) in [7, 11) is 1.54. The van der Waals surface area contributed by atoms with E-state index in [1.807, 2.05) is 44.2 Å². The summed E-state index contributed by atoms with van der Waals surface area (Å²) in [5, 5.41) is 15.3. The lowest BCUT2D eigenvalue weighted by Gasteiger charge is -2.14. The fourth-order valence-corrected chi connectivity index (χ4v) is 4.76. The summed E-state index contributed by atoms with van der Waals surface area (Å²) in [4.78, 5) is 14.5. The Morgan fingerprint density at radius 3 is 2.42 bits per heavy atom. The summed E-state index contributed by atoms with van der Waals surface area (Å²) in [5.74, 6) is 0.145. The molecule has 1 aromatic heterocycles. The minimum atomic E-state index is -0.360. The van der Waals surface area contributed by atoms with Crippen molar-refractivity contribution in [1.82, 2.24) is 20.3 Å². The van der Waals surface area contributed by atoms with Crippen LogP contribution >= 0.6 is 28.1 Å². The molecule has 186 valence electrons. The quantitative estimate of drug-likeness (QED) is 0.257. The molecule has 9 heteroatoms. The molecule has 4 aromatic rings. The van der Waals surface area contributed by atoms with Crippen molar-refractivity contribution in [1.29, 1.82) is 0 Å². The van der Waals surface area contributed by atoms with Gasteiger partial charge in [-0.1, -0.05) is 41.4 Å². The molecule has 36 heavy (non-hydrogen) atoms. The van der Waals surface area contributed by atoms with Crippen LogP contribution in [0.5, 0.6) is 5.75 Å². The number of nitrogens with zero attached hydrogens (tertiary/aromatic N) is 3. The van der Waals surface area contributed by atoms with Crippen LogP contribution in [-0.2, 0) is 6.42 Å². The van der Waals surface area contributed by atoms with Crippen molar-refractivity contribution in [2.24, 2.45) is 0 Å². The van der Waals surface area contributed by atoms with Crippen LogP contribution in [0.3, 0.4) is 0 Å². The lowest BCUT2D eigenvalue weighted by molar-refractivity contribution is 0.0974. The van der Waals surface area contributed by atoms with Gasteiger partial charge in [-0.3, -0.25) is 10.1 Å². The zero-order valence-corrected chi connectivity index (χ0v) is 23.1. The highest BCUT2D eigenvalue weighted by molar-refractivity contribution is 9.10. The number of aromatic nitrogens is 3. The third-order valence-electron chi connectivity index (χ3n) is 5.88. The van der Waals surface area contributed by atoms with Crippen LogP contribution in [0.15, 0.2) is 53.0 Å². The lowest BCUT2D eigenvalue weighted by Crippen LogP contribution is -2.34. The van der Waals surface area contributed by atoms with Gasteiger partial charge in [0.1, 0.15) is 16.8 Å². The third-order valence-corrected chi connectivity index (χ3v) is 6.54. The molecule has 0 aliphatic heterocycles. The molecule has 0 unspecified atom stereocenters. The monoisotopic (exact) mass is 565 g/mol. The Labute approximate surface area is 224 Å². The molecule has 7 nitrogen and oxygen atoms in total. The molecule has 0 fully saturated rings. The molecular weight excluding hydrogens is 538 g/mol. The van der Waals surface area contributed by atoms with E-state index in [1.54, 1.807) is 10.9 Å². The number of hydrogen-bond donors (Lipinski definition) is 2. The largest absolute Gasteiger partial charge is 0.496 e. The maximum atomic E-state index is 12.9. The van der Waals surface area contributed by atoms with Gasteiger partial charge in [0.05, 0.1) is 18.4 Å². The number of unbranched alkanes of at least 4 members (excludes halogenated alkanes) is 1. The van der Waals surface area contributed by atoms with E-state index >= 15 is 0 Å². The number of aryl methyl sites for hydroxylation is 3. The number of nitrogens with one attached hydrogen (secondary N) is 2. The molecule has 2 N–H and O–H groups in total. The number of anilines is 1. The number of carbonyl (C=O) groups is 1. The van der Waals surface area contributed by atoms with Gasteiger partial charge in [0, 0.05) is 10.2 Å². The number of benzene rings is 3. The Morgan fingerprint density at radius 2 is 1.75 bits per heavy atom. The molecule has 0 bridgehead atoms. The van der Waals surface area contributed by atoms with Gasteiger partial charge in [-0.05, 0) is 92.0 Å². The molecule has 1 amide bonds. The number of fused-ring (bicyclic) bond motifs is 1. The average molecular weight is 567 g/mol. The van der Waals surface area contributed by atoms with Crippen molar-refractivity contribution >= 4 is 55.9 Å². The van der Waals surface area contributed by atoms with Gasteiger partial charge >= 0.3 is 0 Å². The summed E-state index contributed by atoms with van der Waals surface area (Å²) >= 11 is 8.86. The van der Waals surface area contributed by atoms with E-state index in [2.05, 4.69) is 55.8 Å². The van der Waals surface area contributed by atoms with Gasteiger partial charge in [-0.15, -0.1) is 10.2 Å². The van der Waals surface area contributed by atoms with Crippen LogP contribution in [-0.4, -0.2) is 33.1 Å². The Morgan fingerprint density at radius 1 is 1.06 bits per heavy atom. The van der Waals surface area contributed by atoms with E-state index in [1.165, 1.54) is 25.5 Å². The summed E-state index contributed by atoms with van der Waals surface area (Å²) in [5.41, 5.74) is 6.61.